The Labute approximate surface area is 117 Å². The average molecular weight is 297 g/mol. The van der Waals surface area contributed by atoms with Crippen molar-refractivity contribution >= 4 is 27.0 Å². The summed E-state index contributed by atoms with van der Waals surface area (Å²) in [6.07, 6.45) is 1.76. The van der Waals surface area contributed by atoms with Crippen LogP contribution in [-0.2, 0) is 16.6 Å². The second-order valence-electron chi connectivity index (χ2n) is 4.10. The predicted octanol–water partition coefficient (Wildman–Crippen LogP) is 2.01. The van der Waals surface area contributed by atoms with Crippen molar-refractivity contribution in [1.29, 1.82) is 0 Å². The summed E-state index contributed by atoms with van der Waals surface area (Å²) in [6, 6.07) is 6.89. The number of aromatic nitrogens is 1. The van der Waals surface area contributed by atoms with Gasteiger partial charge in [-0.25, -0.2) is 12.7 Å². The molecule has 0 bridgehead atoms. The zero-order valence-corrected chi connectivity index (χ0v) is 12.3. The molecule has 1 N–H and O–H groups in total. The highest BCUT2D eigenvalue weighted by Crippen LogP contribution is 2.23. The third-order valence-corrected chi connectivity index (χ3v) is 5.24. The highest BCUT2D eigenvalue weighted by Gasteiger charge is 2.20. The van der Waals surface area contributed by atoms with Crippen molar-refractivity contribution in [1.82, 2.24) is 9.29 Å². The molecule has 0 aliphatic heterocycles. The second kappa shape index (κ2) is 5.68. The molecule has 5 nitrogen and oxygen atoms in total. The predicted molar refractivity (Wildman–Crippen MR) is 76.8 cm³/mol. The number of hydrogen-bond acceptors (Lipinski definition) is 5. The van der Waals surface area contributed by atoms with Crippen LogP contribution in [0.15, 0.2) is 40.9 Å². The normalized spacial score (nSPS) is 11.7. The number of sulfonamides is 1. The Bertz CT molecular complexity index is 637. The third kappa shape index (κ3) is 3.12. The van der Waals surface area contributed by atoms with Crippen molar-refractivity contribution in [2.45, 2.75) is 11.4 Å². The van der Waals surface area contributed by atoms with Gasteiger partial charge in [-0.05, 0) is 12.1 Å². The van der Waals surface area contributed by atoms with Crippen molar-refractivity contribution in [3.8, 4) is 0 Å². The molecule has 1 heterocycles. The Morgan fingerprint density at radius 2 is 2.05 bits per heavy atom. The quantitative estimate of drug-likeness (QED) is 0.917. The van der Waals surface area contributed by atoms with Crippen LogP contribution in [0.5, 0.6) is 0 Å². The Hall–Kier alpha value is -1.44. The van der Waals surface area contributed by atoms with E-state index in [2.05, 4.69) is 10.3 Å². The summed E-state index contributed by atoms with van der Waals surface area (Å²) >= 11 is 1.53. The van der Waals surface area contributed by atoms with E-state index in [1.165, 1.54) is 29.7 Å². The van der Waals surface area contributed by atoms with E-state index in [4.69, 9.17) is 0 Å². The molecule has 7 heteroatoms. The van der Waals surface area contributed by atoms with Crippen molar-refractivity contribution in [3.05, 3.63) is 40.8 Å². The standard InChI is InChI=1S/C12H15N3O2S2/c1-15(2)19(16,17)12-6-4-3-5-11(12)14-8-10-7-13-9-18-10/h3-7,9,14H,8H2,1-2H3. The Morgan fingerprint density at radius 1 is 1.32 bits per heavy atom. The van der Waals surface area contributed by atoms with Crippen LogP contribution in [0, 0.1) is 0 Å². The Morgan fingerprint density at radius 3 is 2.68 bits per heavy atom. The van der Waals surface area contributed by atoms with Gasteiger partial charge in [-0.15, -0.1) is 11.3 Å². The SMILES string of the molecule is CN(C)S(=O)(=O)c1ccccc1NCc1cncs1. The lowest BCUT2D eigenvalue weighted by atomic mass is 10.3. The van der Waals surface area contributed by atoms with Crippen LogP contribution >= 0.6 is 11.3 Å². The van der Waals surface area contributed by atoms with E-state index in [0.717, 1.165) is 4.88 Å². The van der Waals surface area contributed by atoms with E-state index in [-0.39, 0.29) is 4.90 Å². The van der Waals surface area contributed by atoms with E-state index in [1.807, 2.05) is 6.07 Å². The fraction of sp³-hybridized carbons (Fsp3) is 0.250. The van der Waals surface area contributed by atoms with Gasteiger partial charge in [-0.2, -0.15) is 0 Å². The molecular formula is C12H15N3O2S2. The van der Waals surface area contributed by atoms with Crippen LogP contribution in [0.2, 0.25) is 0 Å². The van der Waals surface area contributed by atoms with Gasteiger partial charge in [0.1, 0.15) is 4.90 Å². The van der Waals surface area contributed by atoms with Gasteiger partial charge >= 0.3 is 0 Å². The van der Waals surface area contributed by atoms with Gasteiger partial charge in [0.15, 0.2) is 0 Å². The van der Waals surface area contributed by atoms with Crippen LogP contribution in [0.1, 0.15) is 4.88 Å². The number of nitrogens with zero attached hydrogens (tertiary/aromatic N) is 2. The summed E-state index contributed by atoms with van der Waals surface area (Å²) in [6.45, 7) is 0.560. The highest BCUT2D eigenvalue weighted by molar-refractivity contribution is 7.89. The maximum Gasteiger partial charge on any atom is 0.244 e. The average Bonchev–Trinajstić information content (AvgIpc) is 2.89. The first-order valence-electron chi connectivity index (χ1n) is 5.64. The lowest BCUT2D eigenvalue weighted by Crippen LogP contribution is -2.23. The van der Waals surface area contributed by atoms with Gasteiger partial charge in [0.05, 0.1) is 17.7 Å². The number of hydrogen-bond donors (Lipinski definition) is 1. The minimum atomic E-state index is -3.44. The summed E-state index contributed by atoms with van der Waals surface area (Å²) in [4.78, 5) is 5.32. The fourth-order valence-corrected chi connectivity index (χ4v) is 3.14. The maximum absolute atomic E-state index is 12.2. The molecule has 0 aliphatic carbocycles. The summed E-state index contributed by atoms with van der Waals surface area (Å²) in [5.74, 6) is 0. The summed E-state index contributed by atoms with van der Waals surface area (Å²) in [5.41, 5.74) is 2.35. The lowest BCUT2D eigenvalue weighted by molar-refractivity contribution is 0.521. The molecule has 2 rings (SSSR count). The summed E-state index contributed by atoms with van der Waals surface area (Å²) in [5, 5.41) is 3.14. The molecule has 0 spiro atoms. The van der Waals surface area contributed by atoms with Gasteiger partial charge < -0.3 is 5.32 Å². The molecule has 0 aliphatic rings. The first-order chi connectivity index (χ1) is 9.01. The minimum Gasteiger partial charge on any atom is -0.379 e. The van der Waals surface area contributed by atoms with Gasteiger partial charge in [-0.1, -0.05) is 12.1 Å². The van der Waals surface area contributed by atoms with Gasteiger partial charge in [-0.3, -0.25) is 4.98 Å². The van der Waals surface area contributed by atoms with Crippen molar-refractivity contribution in [2.75, 3.05) is 19.4 Å². The van der Waals surface area contributed by atoms with Gasteiger partial charge in [0.2, 0.25) is 10.0 Å². The highest BCUT2D eigenvalue weighted by atomic mass is 32.2. The summed E-state index contributed by atoms with van der Waals surface area (Å²) in [7, 11) is -0.394. The molecule has 0 saturated heterocycles. The Balaban J connectivity index is 2.27. The number of nitrogens with one attached hydrogen (secondary N) is 1. The van der Waals surface area contributed by atoms with Crippen LogP contribution < -0.4 is 5.32 Å². The zero-order valence-electron chi connectivity index (χ0n) is 10.7. The van der Waals surface area contributed by atoms with Crippen molar-refractivity contribution in [3.63, 3.8) is 0 Å². The van der Waals surface area contributed by atoms with E-state index in [0.29, 0.717) is 12.2 Å². The van der Waals surface area contributed by atoms with Gasteiger partial charge in [0.25, 0.3) is 0 Å². The first kappa shape index (κ1) is 14.0. The Kier molecular flexibility index (Phi) is 4.18. The van der Waals surface area contributed by atoms with E-state index >= 15 is 0 Å². The van der Waals surface area contributed by atoms with E-state index in [1.54, 1.807) is 29.9 Å². The second-order valence-corrected chi connectivity index (χ2v) is 7.20. The topological polar surface area (TPSA) is 62.3 Å². The van der Waals surface area contributed by atoms with E-state index < -0.39 is 10.0 Å². The number of anilines is 1. The maximum atomic E-state index is 12.2. The molecular weight excluding hydrogens is 282 g/mol. The largest absolute Gasteiger partial charge is 0.379 e. The molecule has 0 atom stereocenters. The smallest absolute Gasteiger partial charge is 0.244 e. The first-order valence-corrected chi connectivity index (χ1v) is 7.96. The number of rotatable bonds is 5. The lowest BCUT2D eigenvalue weighted by Gasteiger charge is -2.15. The van der Waals surface area contributed by atoms with Crippen LogP contribution in [0.4, 0.5) is 5.69 Å². The van der Waals surface area contributed by atoms with Crippen molar-refractivity contribution in [2.24, 2.45) is 0 Å². The van der Waals surface area contributed by atoms with Crippen LogP contribution in [0.3, 0.4) is 0 Å². The molecule has 0 amide bonds. The van der Waals surface area contributed by atoms with Gasteiger partial charge in [0, 0.05) is 25.2 Å². The monoisotopic (exact) mass is 297 g/mol. The van der Waals surface area contributed by atoms with Crippen LogP contribution in [-0.4, -0.2) is 31.8 Å². The molecule has 0 unspecified atom stereocenters. The molecule has 1 aromatic heterocycles. The minimum absolute atomic E-state index is 0.282. The fourth-order valence-electron chi connectivity index (χ4n) is 1.55. The van der Waals surface area contributed by atoms with E-state index in [9.17, 15) is 8.42 Å². The van der Waals surface area contributed by atoms with Crippen LogP contribution in [0.25, 0.3) is 0 Å². The molecule has 0 fully saturated rings. The molecule has 1 aromatic carbocycles. The molecule has 0 radical (unpaired) electrons. The number of benzene rings is 1. The molecule has 19 heavy (non-hydrogen) atoms. The van der Waals surface area contributed by atoms with Crippen molar-refractivity contribution < 1.29 is 8.42 Å². The molecule has 2 aromatic rings. The number of thiazole rings is 1. The molecule has 0 saturated carbocycles. The third-order valence-electron chi connectivity index (χ3n) is 2.58. The molecule has 102 valence electrons. The number of para-hydroxylation sites is 1. The summed E-state index contributed by atoms with van der Waals surface area (Å²) < 4.78 is 25.6. The zero-order chi connectivity index (χ0) is 13.9.